The molecule has 1 N–H and O–H groups in total. The molecule has 3 aromatic rings. The summed E-state index contributed by atoms with van der Waals surface area (Å²) in [5, 5.41) is 7.65. The lowest BCUT2D eigenvalue weighted by Crippen LogP contribution is -2.50. The highest BCUT2D eigenvalue weighted by atomic mass is 16.2. The quantitative estimate of drug-likeness (QED) is 0.566. The van der Waals surface area contributed by atoms with E-state index >= 15 is 0 Å². The average Bonchev–Trinajstić information content (AvgIpc) is 3.58. The lowest BCUT2D eigenvalue weighted by molar-refractivity contribution is -0.123. The Morgan fingerprint density at radius 2 is 1.62 bits per heavy atom. The SMILES string of the molecule is O=C1CN(C(=O)c2nn(Cc3ccccc3)c3c2CN(Cc2ccc(N4CCCC4)cc2)CC3)CCN1. The van der Waals surface area contributed by atoms with E-state index in [-0.39, 0.29) is 18.4 Å². The van der Waals surface area contributed by atoms with Crippen LogP contribution in [-0.4, -0.2) is 70.7 Å². The second-order valence-electron chi connectivity index (χ2n) is 10.3. The molecule has 3 aliphatic heterocycles. The summed E-state index contributed by atoms with van der Waals surface area (Å²) in [7, 11) is 0. The van der Waals surface area contributed by atoms with E-state index < -0.39 is 0 Å². The maximum atomic E-state index is 13.6. The van der Waals surface area contributed by atoms with Crippen molar-refractivity contribution in [1.29, 1.82) is 0 Å². The Labute approximate surface area is 217 Å². The van der Waals surface area contributed by atoms with E-state index in [4.69, 9.17) is 5.10 Å². The zero-order valence-electron chi connectivity index (χ0n) is 21.2. The Hall–Kier alpha value is -3.65. The van der Waals surface area contributed by atoms with Crippen molar-refractivity contribution in [1.82, 2.24) is 24.9 Å². The van der Waals surface area contributed by atoms with Gasteiger partial charge in [0.05, 0.1) is 13.1 Å². The predicted octanol–water partition coefficient (Wildman–Crippen LogP) is 2.66. The molecule has 2 saturated heterocycles. The molecule has 0 unspecified atom stereocenters. The van der Waals surface area contributed by atoms with E-state index in [9.17, 15) is 9.59 Å². The molecule has 8 nitrogen and oxygen atoms in total. The molecule has 0 bridgehead atoms. The van der Waals surface area contributed by atoms with Gasteiger partial charge in [-0.2, -0.15) is 5.10 Å². The van der Waals surface area contributed by atoms with Crippen LogP contribution in [-0.2, 0) is 30.8 Å². The molecule has 3 aliphatic rings. The Bertz CT molecular complexity index is 1260. The number of carbonyl (C=O) groups excluding carboxylic acids is 2. The van der Waals surface area contributed by atoms with Crippen molar-refractivity contribution in [2.24, 2.45) is 0 Å². The number of carbonyl (C=O) groups is 2. The van der Waals surface area contributed by atoms with Crippen molar-refractivity contribution in [2.75, 3.05) is 44.2 Å². The van der Waals surface area contributed by atoms with Crippen molar-refractivity contribution in [3.8, 4) is 0 Å². The first-order chi connectivity index (χ1) is 18.1. The Kier molecular flexibility index (Phi) is 6.66. The van der Waals surface area contributed by atoms with Gasteiger partial charge in [0, 0.05) is 69.2 Å². The highest BCUT2D eigenvalue weighted by Crippen LogP contribution is 2.27. The molecule has 0 aliphatic carbocycles. The summed E-state index contributed by atoms with van der Waals surface area (Å²) >= 11 is 0. The fourth-order valence-electron chi connectivity index (χ4n) is 5.75. The first kappa shape index (κ1) is 23.7. The Morgan fingerprint density at radius 1 is 0.865 bits per heavy atom. The van der Waals surface area contributed by atoms with Crippen LogP contribution in [0.3, 0.4) is 0 Å². The molecular weight excluding hydrogens is 464 g/mol. The number of hydrogen-bond donors (Lipinski definition) is 1. The number of rotatable bonds is 6. The number of hydrogen-bond acceptors (Lipinski definition) is 5. The van der Waals surface area contributed by atoms with E-state index in [0.717, 1.165) is 49.4 Å². The average molecular weight is 499 g/mol. The van der Waals surface area contributed by atoms with Crippen LogP contribution in [0.1, 0.15) is 45.7 Å². The third-order valence-corrected chi connectivity index (χ3v) is 7.73. The van der Waals surface area contributed by atoms with Gasteiger partial charge in [-0.15, -0.1) is 0 Å². The number of aromatic nitrogens is 2. The van der Waals surface area contributed by atoms with Gasteiger partial charge in [-0.05, 0) is 36.1 Å². The zero-order valence-corrected chi connectivity index (χ0v) is 21.2. The van der Waals surface area contributed by atoms with Gasteiger partial charge in [0.2, 0.25) is 5.91 Å². The second-order valence-corrected chi connectivity index (χ2v) is 10.3. The van der Waals surface area contributed by atoms with Crippen LogP contribution in [0.2, 0.25) is 0 Å². The second kappa shape index (κ2) is 10.4. The lowest BCUT2D eigenvalue weighted by atomic mass is 10.0. The van der Waals surface area contributed by atoms with Crippen LogP contribution >= 0.6 is 0 Å². The minimum Gasteiger partial charge on any atom is -0.372 e. The van der Waals surface area contributed by atoms with Crippen molar-refractivity contribution in [2.45, 2.75) is 38.9 Å². The molecule has 2 aromatic carbocycles. The zero-order chi connectivity index (χ0) is 25.2. The highest BCUT2D eigenvalue weighted by Gasteiger charge is 2.32. The number of anilines is 1. The third kappa shape index (κ3) is 5.11. The molecule has 0 saturated carbocycles. The molecule has 0 spiro atoms. The summed E-state index contributed by atoms with van der Waals surface area (Å²) in [5.74, 6) is -0.258. The third-order valence-electron chi connectivity index (χ3n) is 7.73. The maximum absolute atomic E-state index is 13.6. The standard InChI is InChI=1S/C29H34N6O2/c36-27-21-34(17-13-30-27)29(37)28-25-20-32(18-23-8-10-24(11-9-23)33-14-4-5-15-33)16-12-26(25)35(31-28)19-22-6-2-1-3-7-22/h1-3,6-11H,4-5,12-21H2,(H,30,36). The number of amides is 2. The van der Waals surface area contributed by atoms with Gasteiger partial charge >= 0.3 is 0 Å². The van der Waals surface area contributed by atoms with Crippen LogP contribution in [0.15, 0.2) is 54.6 Å². The van der Waals surface area contributed by atoms with E-state index in [1.807, 2.05) is 22.9 Å². The van der Waals surface area contributed by atoms with Gasteiger partial charge in [0.1, 0.15) is 0 Å². The summed E-state index contributed by atoms with van der Waals surface area (Å²) in [5.41, 5.74) is 6.38. The molecule has 0 radical (unpaired) electrons. The molecule has 0 atom stereocenters. The lowest BCUT2D eigenvalue weighted by Gasteiger charge is -2.29. The number of benzene rings is 2. The van der Waals surface area contributed by atoms with Gasteiger partial charge < -0.3 is 15.1 Å². The number of piperazine rings is 1. The fraction of sp³-hybridized carbons (Fsp3) is 0.414. The summed E-state index contributed by atoms with van der Waals surface area (Å²) < 4.78 is 2.00. The molecule has 2 amide bonds. The summed E-state index contributed by atoms with van der Waals surface area (Å²) in [6, 6.07) is 19.2. The number of nitrogens with zero attached hydrogens (tertiary/aromatic N) is 5. The first-order valence-electron chi connectivity index (χ1n) is 13.4. The predicted molar refractivity (Wildman–Crippen MR) is 142 cm³/mol. The summed E-state index contributed by atoms with van der Waals surface area (Å²) in [6.45, 7) is 6.45. The van der Waals surface area contributed by atoms with Crippen LogP contribution in [0.4, 0.5) is 5.69 Å². The van der Waals surface area contributed by atoms with Gasteiger partial charge in [-0.25, -0.2) is 0 Å². The fourth-order valence-corrected chi connectivity index (χ4v) is 5.75. The molecule has 37 heavy (non-hydrogen) atoms. The summed E-state index contributed by atoms with van der Waals surface area (Å²) in [4.78, 5) is 32.0. The van der Waals surface area contributed by atoms with E-state index in [0.29, 0.717) is 31.9 Å². The Morgan fingerprint density at radius 3 is 2.38 bits per heavy atom. The van der Waals surface area contributed by atoms with Crippen LogP contribution in [0.25, 0.3) is 0 Å². The minimum absolute atomic E-state index is 0.0895. The molecule has 6 rings (SSSR count). The monoisotopic (exact) mass is 498 g/mol. The smallest absolute Gasteiger partial charge is 0.275 e. The van der Waals surface area contributed by atoms with Gasteiger partial charge in [0.15, 0.2) is 5.69 Å². The highest BCUT2D eigenvalue weighted by molar-refractivity contribution is 5.97. The molecule has 8 heteroatoms. The van der Waals surface area contributed by atoms with E-state index in [1.54, 1.807) is 4.90 Å². The van der Waals surface area contributed by atoms with Gasteiger partial charge in [-0.3, -0.25) is 19.2 Å². The number of nitrogens with one attached hydrogen (secondary N) is 1. The molecule has 192 valence electrons. The topological polar surface area (TPSA) is 73.7 Å². The van der Waals surface area contributed by atoms with Gasteiger partial charge in [0.25, 0.3) is 5.91 Å². The largest absolute Gasteiger partial charge is 0.372 e. The van der Waals surface area contributed by atoms with Crippen molar-refractivity contribution in [3.63, 3.8) is 0 Å². The van der Waals surface area contributed by atoms with E-state index in [1.165, 1.54) is 24.1 Å². The van der Waals surface area contributed by atoms with Crippen molar-refractivity contribution >= 4 is 17.5 Å². The van der Waals surface area contributed by atoms with Crippen LogP contribution < -0.4 is 10.2 Å². The van der Waals surface area contributed by atoms with Crippen LogP contribution in [0.5, 0.6) is 0 Å². The molecule has 1 aromatic heterocycles. The summed E-state index contributed by atoms with van der Waals surface area (Å²) in [6.07, 6.45) is 3.40. The van der Waals surface area contributed by atoms with Gasteiger partial charge in [-0.1, -0.05) is 42.5 Å². The van der Waals surface area contributed by atoms with Crippen molar-refractivity contribution < 1.29 is 9.59 Å². The maximum Gasteiger partial charge on any atom is 0.275 e. The van der Waals surface area contributed by atoms with E-state index in [2.05, 4.69) is 51.5 Å². The Balaban J connectivity index is 1.24. The molecule has 2 fully saturated rings. The molecule has 4 heterocycles. The van der Waals surface area contributed by atoms with Crippen LogP contribution in [0, 0.1) is 0 Å². The molecular formula is C29H34N6O2. The minimum atomic E-state index is -0.144. The van der Waals surface area contributed by atoms with Crippen molar-refractivity contribution in [3.05, 3.63) is 82.7 Å². The number of fused-ring (bicyclic) bond motifs is 1. The first-order valence-corrected chi connectivity index (χ1v) is 13.4. The normalized spacial score (nSPS) is 18.1.